The number of rotatable bonds is 7. The zero-order chi connectivity index (χ0) is 11.1. The van der Waals surface area contributed by atoms with Gasteiger partial charge in [0.2, 0.25) is 5.13 Å². The van der Waals surface area contributed by atoms with Crippen molar-refractivity contribution in [1.82, 2.24) is 9.36 Å². The summed E-state index contributed by atoms with van der Waals surface area (Å²) in [4.78, 5) is 4.31. The summed E-state index contributed by atoms with van der Waals surface area (Å²) in [5, 5.41) is 4.01. The molecule has 0 amide bonds. The fourth-order valence-electron chi connectivity index (χ4n) is 0.935. The molecule has 0 aliphatic rings. The average Bonchev–Trinajstić information content (AvgIpc) is 2.71. The normalized spacial score (nSPS) is 12.7. The summed E-state index contributed by atoms with van der Waals surface area (Å²) in [6.45, 7) is 3.40. The van der Waals surface area contributed by atoms with Crippen molar-refractivity contribution in [1.29, 1.82) is 0 Å². The summed E-state index contributed by atoms with van der Waals surface area (Å²) in [6.07, 6.45) is 0.936. The van der Waals surface area contributed by atoms with E-state index in [0.717, 1.165) is 23.9 Å². The SMILES string of the molecule is COCCc1nsc(NCC(C)OC)n1. The Bertz CT molecular complexity index is 280. The van der Waals surface area contributed by atoms with Gasteiger partial charge < -0.3 is 14.8 Å². The van der Waals surface area contributed by atoms with Gasteiger partial charge >= 0.3 is 0 Å². The smallest absolute Gasteiger partial charge is 0.202 e. The molecule has 0 bridgehead atoms. The van der Waals surface area contributed by atoms with Crippen molar-refractivity contribution >= 4 is 16.7 Å². The van der Waals surface area contributed by atoms with E-state index in [4.69, 9.17) is 9.47 Å². The molecule has 1 heterocycles. The number of nitrogens with one attached hydrogen (secondary N) is 1. The van der Waals surface area contributed by atoms with Crippen molar-refractivity contribution in [3.05, 3.63) is 5.82 Å². The Balaban J connectivity index is 2.32. The minimum atomic E-state index is 0.177. The van der Waals surface area contributed by atoms with E-state index in [0.29, 0.717) is 6.61 Å². The van der Waals surface area contributed by atoms with Crippen LogP contribution in [0.5, 0.6) is 0 Å². The third-order valence-corrected chi connectivity index (χ3v) is 2.65. The van der Waals surface area contributed by atoms with Crippen LogP contribution in [0.2, 0.25) is 0 Å². The van der Waals surface area contributed by atoms with Crippen molar-refractivity contribution in [2.45, 2.75) is 19.4 Å². The van der Waals surface area contributed by atoms with E-state index in [2.05, 4.69) is 14.7 Å². The second-order valence-corrected chi connectivity index (χ2v) is 3.94. The maximum atomic E-state index is 5.12. The van der Waals surface area contributed by atoms with E-state index in [-0.39, 0.29) is 6.10 Å². The fourth-order valence-corrected chi connectivity index (χ4v) is 1.55. The minimum Gasteiger partial charge on any atom is -0.384 e. The fraction of sp³-hybridized carbons (Fsp3) is 0.778. The summed E-state index contributed by atoms with van der Waals surface area (Å²) in [6, 6.07) is 0. The number of ether oxygens (including phenoxy) is 2. The Hall–Kier alpha value is -0.720. The molecule has 86 valence electrons. The van der Waals surface area contributed by atoms with Gasteiger partial charge in [0.1, 0.15) is 5.82 Å². The standard InChI is InChI=1S/C9H17N3O2S/c1-7(14-3)6-10-9-11-8(12-15-9)4-5-13-2/h7H,4-6H2,1-3H3,(H,10,11,12). The molecular formula is C9H17N3O2S. The molecule has 0 spiro atoms. The molecule has 6 heteroatoms. The minimum absolute atomic E-state index is 0.177. The topological polar surface area (TPSA) is 56.3 Å². The highest BCUT2D eigenvalue weighted by Gasteiger charge is 2.05. The molecular weight excluding hydrogens is 214 g/mol. The van der Waals surface area contributed by atoms with Crippen LogP contribution in [0.25, 0.3) is 0 Å². The summed E-state index contributed by atoms with van der Waals surface area (Å²) in [5.74, 6) is 0.828. The van der Waals surface area contributed by atoms with Gasteiger partial charge in [0.15, 0.2) is 0 Å². The molecule has 1 N–H and O–H groups in total. The molecule has 1 unspecified atom stereocenters. The summed E-state index contributed by atoms with van der Waals surface area (Å²) in [5.41, 5.74) is 0. The predicted octanol–water partition coefficient (Wildman–Crippen LogP) is 1.17. The molecule has 1 aromatic heterocycles. The Kier molecular flexibility index (Phi) is 5.52. The number of hydrogen-bond donors (Lipinski definition) is 1. The molecule has 1 aromatic rings. The van der Waals surface area contributed by atoms with E-state index >= 15 is 0 Å². The van der Waals surface area contributed by atoms with Gasteiger partial charge in [-0.3, -0.25) is 0 Å². The van der Waals surface area contributed by atoms with Crippen LogP contribution in [0.1, 0.15) is 12.7 Å². The lowest BCUT2D eigenvalue weighted by molar-refractivity contribution is 0.129. The third-order valence-electron chi connectivity index (χ3n) is 1.94. The maximum Gasteiger partial charge on any atom is 0.202 e. The first-order valence-electron chi connectivity index (χ1n) is 4.84. The van der Waals surface area contributed by atoms with Gasteiger partial charge in [0, 0.05) is 38.7 Å². The molecule has 5 nitrogen and oxygen atoms in total. The highest BCUT2D eigenvalue weighted by atomic mass is 32.1. The predicted molar refractivity (Wildman–Crippen MR) is 60.4 cm³/mol. The third kappa shape index (κ3) is 4.55. The van der Waals surface area contributed by atoms with Crippen LogP contribution in [0.3, 0.4) is 0 Å². The van der Waals surface area contributed by atoms with Crippen LogP contribution < -0.4 is 5.32 Å². The van der Waals surface area contributed by atoms with Crippen LogP contribution >= 0.6 is 11.5 Å². The van der Waals surface area contributed by atoms with Crippen molar-refractivity contribution < 1.29 is 9.47 Å². The first kappa shape index (κ1) is 12.4. The van der Waals surface area contributed by atoms with E-state index in [1.807, 2.05) is 6.92 Å². The van der Waals surface area contributed by atoms with Crippen molar-refractivity contribution in [3.8, 4) is 0 Å². The van der Waals surface area contributed by atoms with Gasteiger partial charge in [-0.1, -0.05) is 0 Å². The summed E-state index contributed by atoms with van der Waals surface area (Å²) in [7, 11) is 3.36. The molecule has 1 rings (SSSR count). The van der Waals surface area contributed by atoms with Gasteiger partial charge in [-0.05, 0) is 6.92 Å². The van der Waals surface area contributed by atoms with Crippen molar-refractivity contribution in [2.75, 3.05) is 32.7 Å². The largest absolute Gasteiger partial charge is 0.384 e. The van der Waals surface area contributed by atoms with Crippen LogP contribution in [0.4, 0.5) is 5.13 Å². The van der Waals surface area contributed by atoms with Crippen molar-refractivity contribution in [2.24, 2.45) is 0 Å². The van der Waals surface area contributed by atoms with E-state index in [1.165, 1.54) is 11.5 Å². The van der Waals surface area contributed by atoms with Crippen LogP contribution in [0.15, 0.2) is 0 Å². The first-order chi connectivity index (χ1) is 7.26. The van der Waals surface area contributed by atoms with Gasteiger partial charge in [-0.2, -0.15) is 4.37 Å². The van der Waals surface area contributed by atoms with Gasteiger partial charge in [-0.25, -0.2) is 4.98 Å². The zero-order valence-electron chi connectivity index (χ0n) is 9.32. The lowest BCUT2D eigenvalue weighted by atomic mass is 10.4. The Labute approximate surface area is 94.0 Å². The quantitative estimate of drug-likeness (QED) is 0.763. The lowest BCUT2D eigenvalue weighted by Crippen LogP contribution is -2.17. The van der Waals surface area contributed by atoms with E-state index in [1.54, 1.807) is 14.2 Å². The molecule has 0 fully saturated rings. The second-order valence-electron chi connectivity index (χ2n) is 3.19. The second kappa shape index (κ2) is 6.71. The monoisotopic (exact) mass is 231 g/mol. The van der Waals surface area contributed by atoms with Crippen molar-refractivity contribution in [3.63, 3.8) is 0 Å². The average molecular weight is 231 g/mol. The van der Waals surface area contributed by atoms with E-state index in [9.17, 15) is 0 Å². The first-order valence-corrected chi connectivity index (χ1v) is 5.61. The summed E-state index contributed by atoms with van der Waals surface area (Å²) < 4.78 is 14.3. The van der Waals surface area contributed by atoms with Crippen LogP contribution in [-0.4, -0.2) is 42.8 Å². The Morgan fingerprint density at radius 2 is 2.27 bits per heavy atom. The number of hydrogen-bond acceptors (Lipinski definition) is 6. The summed E-state index contributed by atoms with van der Waals surface area (Å²) >= 11 is 1.37. The Morgan fingerprint density at radius 3 is 2.93 bits per heavy atom. The van der Waals surface area contributed by atoms with Crippen LogP contribution in [0, 0.1) is 0 Å². The molecule has 0 aliphatic carbocycles. The number of methoxy groups -OCH3 is 2. The lowest BCUT2D eigenvalue weighted by Gasteiger charge is -2.08. The molecule has 0 saturated heterocycles. The number of nitrogens with zero attached hydrogens (tertiary/aromatic N) is 2. The van der Waals surface area contributed by atoms with Gasteiger partial charge in [0.25, 0.3) is 0 Å². The highest BCUT2D eigenvalue weighted by molar-refractivity contribution is 7.09. The molecule has 0 radical (unpaired) electrons. The molecule has 0 saturated carbocycles. The van der Waals surface area contributed by atoms with Gasteiger partial charge in [0.05, 0.1) is 12.7 Å². The Morgan fingerprint density at radius 1 is 1.47 bits per heavy atom. The number of anilines is 1. The zero-order valence-corrected chi connectivity index (χ0v) is 10.1. The van der Waals surface area contributed by atoms with E-state index < -0.39 is 0 Å². The maximum absolute atomic E-state index is 5.12. The molecule has 0 aromatic carbocycles. The van der Waals surface area contributed by atoms with Gasteiger partial charge in [-0.15, -0.1) is 0 Å². The van der Waals surface area contributed by atoms with Crippen LogP contribution in [-0.2, 0) is 15.9 Å². The molecule has 0 aliphatic heterocycles. The molecule has 1 atom stereocenters. The molecule has 15 heavy (non-hydrogen) atoms. The number of aromatic nitrogens is 2. The highest BCUT2D eigenvalue weighted by Crippen LogP contribution is 2.11.